The molecule has 0 aliphatic heterocycles. The summed E-state index contributed by atoms with van der Waals surface area (Å²) in [6.07, 6.45) is 3.18. The first-order valence-corrected chi connectivity index (χ1v) is 12.6. The molecular weight excluding hydrogens is 471 g/mol. The van der Waals surface area contributed by atoms with Crippen LogP contribution >= 0.6 is 0 Å². The van der Waals surface area contributed by atoms with Crippen LogP contribution in [0.4, 0.5) is 24.9 Å². The van der Waals surface area contributed by atoms with E-state index in [1.807, 2.05) is 14.1 Å². The maximum absolute atomic E-state index is 12.6. The number of rotatable bonds is 8. The number of aryl methyl sites for hydroxylation is 1. The summed E-state index contributed by atoms with van der Waals surface area (Å²) in [7, 11) is 4.03. The van der Waals surface area contributed by atoms with Crippen molar-refractivity contribution >= 4 is 17.7 Å². The molecule has 1 amide bonds. The van der Waals surface area contributed by atoms with Crippen LogP contribution in [0.1, 0.15) is 55.3 Å². The summed E-state index contributed by atoms with van der Waals surface area (Å²) in [6, 6.07) is 6.01. The van der Waals surface area contributed by atoms with E-state index in [2.05, 4.69) is 20.3 Å². The smallest absolute Gasteiger partial charge is 0.405 e. The lowest BCUT2D eigenvalue weighted by atomic mass is 9.86. The number of carbonyl (C=O) groups excluding carboxylic acids is 1. The molecule has 2 aromatic rings. The molecule has 1 heterocycles. The van der Waals surface area contributed by atoms with Crippen LogP contribution in [0.3, 0.4) is 0 Å². The topological polar surface area (TPSA) is 79.4 Å². The van der Waals surface area contributed by atoms with Crippen molar-refractivity contribution in [2.45, 2.75) is 70.2 Å². The summed E-state index contributed by atoms with van der Waals surface area (Å²) in [5.41, 5.74) is 2.63. The largest absolute Gasteiger partial charge is 0.573 e. The molecule has 1 fully saturated rings. The minimum absolute atomic E-state index is 0.160. The third-order valence-corrected chi connectivity index (χ3v) is 6.90. The SMILES string of the molecule is CN(C)c1nc(N[C@H]2CC[C@@H](CNC(=O)Cc3ccccc3OC(F)(F)F)CC2)nc2c1CCCC2. The number of amides is 1. The zero-order valence-electron chi connectivity index (χ0n) is 20.8. The molecule has 2 aliphatic carbocycles. The van der Waals surface area contributed by atoms with E-state index in [1.165, 1.54) is 30.2 Å². The minimum atomic E-state index is -4.79. The standard InChI is InChI=1S/C26H34F3N5O2/c1-34(2)24-20-8-4-5-9-21(20)32-25(33-24)31-19-13-11-17(12-14-19)16-30-23(35)15-18-7-3-6-10-22(18)36-26(27,28)29/h3,6-7,10,17,19H,4-5,8-9,11-16H2,1-2H3,(H,30,35)(H,31,32,33)/t17-,19+. The quantitative estimate of drug-likeness (QED) is 0.544. The molecule has 196 valence electrons. The molecule has 36 heavy (non-hydrogen) atoms. The predicted octanol–water partition coefficient (Wildman–Crippen LogP) is 4.65. The molecule has 1 aromatic carbocycles. The Morgan fingerprint density at radius 2 is 1.81 bits per heavy atom. The Morgan fingerprint density at radius 3 is 2.53 bits per heavy atom. The second-order valence-corrected chi connectivity index (χ2v) is 9.90. The second-order valence-electron chi connectivity index (χ2n) is 9.90. The van der Waals surface area contributed by atoms with E-state index < -0.39 is 6.36 Å². The number of halogens is 3. The lowest BCUT2D eigenvalue weighted by molar-refractivity contribution is -0.274. The first-order chi connectivity index (χ1) is 17.2. The van der Waals surface area contributed by atoms with Crippen LogP contribution in [-0.2, 0) is 24.1 Å². The summed E-state index contributed by atoms with van der Waals surface area (Å²) in [5, 5.41) is 6.41. The van der Waals surface area contributed by atoms with Gasteiger partial charge in [-0.15, -0.1) is 13.2 Å². The predicted molar refractivity (Wildman–Crippen MR) is 132 cm³/mol. The highest BCUT2D eigenvalue weighted by molar-refractivity contribution is 5.79. The van der Waals surface area contributed by atoms with Crippen molar-refractivity contribution in [2.24, 2.45) is 5.92 Å². The van der Waals surface area contributed by atoms with Crippen LogP contribution < -0.4 is 20.3 Å². The van der Waals surface area contributed by atoms with Crippen molar-refractivity contribution in [1.82, 2.24) is 15.3 Å². The average molecular weight is 506 g/mol. The first kappa shape index (κ1) is 26.0. The molecule has 2 aliphatic rings. The number of fused-ring (bicyclic) bond motifs is 1. The Labute approximate surface area is 209 Å². The summed E-state index contributed by atoms with van der Waals surface area (Å²) in [4.78, 5) is 24.1. The Morgan fingerprint density at radius 1 is 1.08 bits per heavy atom. The Hall–Kier alpha value is -3.04. The van der Waals surface area contributed by atoms with Crippen molar-refractivity contribution in [1.29, 1.82) is 0 Å². The van der Waals surface area contributed by atoms with E-state index in [-0.39, 0.29) is 29.7 Å². The van der Waals surface area contributed by atoms with E-state index in [0.717, 1.165) is 56.5 Å². The molecule has 0 spiro atoms. The zero-order valence-corrected chi connectivity index (χ0v) is 20.8. The number of alkyl halides is 3. The fourth-order valence-corrected chi connectivity index (χ4v) is 5.07. The van der Waals surface area contributed by atoms with Crippen LogP contribution in [0.15, 0.2) is 24.3 Å². The van der Waals surface area contributed by atoms with Crippen LogP contribution in [0, 0.1) is 5.92 Å². The van der Waals surface area contributed by atoms with Gasteiger partial charge >= 0.3 is 6.36 Å². The summed E-state index contributed by atoms with van der Waals surface area (Å²) >= 11 is 0. The van der Waals surface area contributed by atoms with Crippen molar-refractivity contribution in [3.05, 3.63) is 41.1 Å². The number of ether oxygens (including phenoxy) is 1. The van der Waals surface area contributed by atoms with Gasteiger partial charge in [-0.25, -0.2) is 4.98 Å². The number of para-hydroxylation sites is 1. The molecule has 0 bridgehead atoms. The van der Waals surface area contributed by atoms with E-state index in [9.17, 15) is 18.0 Å². The molecule has 2 N–H and O–H groups in total. The van der Waals surface area contributed by atoms with E-state index in [1.54, 1.807) is 6.07 Å². The van der Waals surface area contributed by atoms with Gasteiger partial charge in [-0.2, -0.15) is 4.98 Å². The fraction of sp³-hybridized carbons (Fsp3) is 0.577. The Balaban J connectivity index is 1.25. The van der Waals surface area contributed by atoms with E-state index in [4.69, 9.17) is 9.97 Å². The van der Waals surface area contributed by atoms with Gasteiger partial charge in [-0.3, -0.25) is 4.79 Å². The fourth-order valence-electron chi connectivity index (χ4n) is 5.07. The number of nitrogens with zero attached hydrogens (tertiary/aromatic N) is 3. The molecule has 1 aromatic heterocycles. The van der Waals surface area contributed by atoms with E-state index in [0.29, 0.717) is 18.4 Å². The van der Waals surface area contributed by atoms with Crippen molar-refractivity contribution in [2.75, 3.05) is 30.9 Å². The lowest BCUT2D eigenvalue weighted by Crippen LogP contribution is -2.35. The monoisotopic (exact) mass is 505 g/mol. The summed E-state index contributed by atoms with van der Waals surface area (Å²) in [6.45, 7) is 0.508. The molecule has 0 radical (unpaired) electrons. The summed E-state index contributed by atoms with van der Waals surface area (Å²) in [5.74, 6) is 1.37. The molecule has 7 nitrogen and oxygen atoms in total. The molecule has 0 unspecified atom stereocenters. The first-order valence-electron chi connectivity index (χ1n) is 12.6. The van der Waals surface area contributed by atoms with Crippen molar-refractivity contribution < 1.29 is 22.7 Å². The molecule has 0 saturated heterocycles. The van der Waals surface area contributed by atoms with Gasteiger partial charge in [0.2, 0.25) is 11.9 Å². The maximum Gasteiger partial charge on any atom is 0.573 e. The van der Waals surface area contributed by atoms with Crippen molar-refractivity contribution in [3.8, 4) is 5.75 Å². The van der Waals surface area contributed by atoms with Gasteiger partial charge in [0.1, 0.15) is 11.6 Å². The van der Waals surface area contributed by atoms with E-state index >= 15 is 0 Å². The molecule has 10 heteroatoms. The number of carbonyl (C=O) groups is 1. The van der Waals surface area contributed by atoms with Gasteiger partial charge < -0.3 is 20.3 Å². The average Bonchev–Trinajstić information content (AvgIpc) is 2.83. The molecule has 4 rings (SSSR count). The zero-order chi connectivity index (χ0) is 25.7. The highest BCUT2D eigenvalue weighted by Crippen LogP contribution is 2.31. The molecule has 1 saturated carbocycles. The van der Waals surface area contributed by atoms with Crippen molar-refractivity contribution in [3.63, 3.8) is 0 Å². The number of hydrogen-bond donors (Lipinski definition) is 2. The molecular formula is C26H34F3N5O2. The van der Waals surface area contributed by atoms with Gasteiger partial charge in [-0.05, 0) is 63.4 Å². The number of aromatic nitrogens is 2. The number of nitrogens with one attached hydrogen (secondary N) is 2. The van der Waals surface area contributed by atoms with Gasteiger partial charge in [-0.1, -0.05) is 18.2 Å². The maximum atomic E-state index is 12.6. The van der Waals surface area contributed by atoms with Gasteiger partial charge in [0, 0.05) is 37.8 Å². The normalized spacial score (nSPS) is 19.8. The van der Waals surface area contributed by atoms with Gasteiger partial charge in [0.05, 0.1) is 12.1 Å². The minimum Gasteiger partial charge on any atom is -0.405 e. The highest BCUT2D eigenvalue weighted by Gasteiger charge is 2.32. The van der Waals surface area contributed by atoms with Crippen LogP contribution in [0.25, 0.3) is 0 Å². The van der Waals surface area contributed by atoms with Crippen LogP contribution in [0.5, 0.6) is 5.75 Å². The second kappa shape index (κ2) is 11.3. The Kier molecular flexibility index (Phi) is 8.21. The third kappa shape index (κ3) is 7.01. The lowest BCUT2D eigenvalue weighted by Gasteiger charge is -2.30. The third-order valence-electron chi connectivity index (χ3n) is 6.90. The number of anilines is 2. The van der Waals surface area contributed by atoms with Gasteiger partial charge in [0.15, 0.2) is 0 Å². The number of hydrogen-bond acceptors (Lipinski definition) is 6. The summed E-state index contributed by atoms with van der Waals surface area (Å²) < 4.78 is 41.9. The van der Waals surface area contributed by atoms with Gasteiger partial charge in [0.25, 0.3) is 0 Å². The molecule has 0 atom stereocenters. The number of benzene rings is 1. The van der Waals surface area contributed by atoms with Crippen LogP contribution in [-0.4, -0.2) is 48.9 Å². The Bertz CT molecular complexity index is 1050. The highest BCUT2D eigenvalue weighted by atomic mass is 19.4. The van der Waals surface area contributed by atoms with Crippen LogP contribution in [0.2, 0.25) is 0 Å².